The number of piperidine rings is 1. The van der Waals surface area contributed by atoms with Gasteiger partial charge in [0.05, 0.1) is 24.4 Å². The van der Waals surface area contributed by atoms with E-state index in [1.807, 2.05) is 12.3 Å². The predicted octanol–water partition coefficient (Wildman–Crippen LogP) is 0.990. The molecule has 0 aromatic carbocycles. The Balaban J connectivity index is 1.40. The smallest absolute Gasteiger partial charge is 0.0793 e. The van der Waals surface area contributed by atoms with E-state index in [1.54, 1.807) is 0 Å². The van der Waals surface area contributed by atoms with Crippen molar-refractivity contribution in [3.63, 3.8) is 0 Å². The average Bonchev–Trinajstić information content (AvgIpc) is 3.01. The van der Waals surface area contributed by atoms with E-state index in [9.17, 15) is 5.11 Å². The van der Waals surface area contributed by atoms with Gasteiger partial charge in [0, 0.05) is 51.7 Å². The van der Waals surface area contributed by atoms with Crippen molar-refractivity contribution in [1.29, 1.82) is 0 Å². The Morgan fingerprint density at radius 3 is 2.39 bits per heavy atom. The number of nitrogens with zero attached hydrogens (tertiary/aromatic N) is 4. The summed E-state index contributed by atoms with van der Waals surface area (Å²) in [5, 5.41) is 14.8. The molecule has 3 unspecified atom stereocenters. The van der Waals surface area contributed by atoms with Crippen molar-refractivity contribution >= 4 is 0 Å². The lowest BCUT2D eigenvalue weighted by Gasteiger charge is -2.38. The molecule has 2 saturated heterocycles. The van der Waals surface area contributed by atoms with Crippen LogP contribution in [0.3, 0.4) is 0 Å². The molecule has 1 N–H and O–H groups in total. The largest absolute Gasteiger partial charge is 0.390 e. The first-order valence-electron chi connectivity index (χ1n) is 8.87. The summed E-state index contributed by atoms with van der Waals surface area (Å²) in [6, 6.07) is 2.50. The summed E-state index contributed by atoms with van der Waals surface area (Å²) in [4.78, 5) is 4.72. The second-order valence-electron chi connectivity index (χ2n) is 7.15. The van der Waals surface area contributed by atoms with Gasteiger partial charge in [0.1, 0.15) is 0 Å². The monoisotopic (exact) mass is 322 g/mol. The average molecular weight is 322 g/mol. The summed E-state index contributed by atoms with van der Waals surface area (Å²) in [6.45, 7) is 9.65. The fraction of sp³-hybridized carbons (Fsp3) is 0.824. The normalized spacial score (nSPS) is 29.7. The van der Waals surface area contributed by atoms with Crippen LogP contribution in [0, 0.1) is 0 Å². The van der Waals surface area contributed by atoms with E-state index >= 15 is 0 Å². The van der Waals surface area contributed by atoms with Crippen LogP contribution >= 0.6 is 0 Å². The summed E-state index contributed by atoms with van der Waals surface area (Å²) in [5.41, 5.74) is 0. The fourth-order valence-corrected chi connectivity index (χ4v) is 3.95. The number of β-amino-alcohol motifs (C(OH)–C–C–N with tert-alkyl or cyclic N) is 1. The molecule has 2 aliphatic rings. The van der Waals surface area contributed by atoms with E-state index in [1.165, 1.54) is 0 Å². The third-order valence-corrected chi connectivity index (χ3v) is 4.89. The molecule has 0 amide bonds. The van der Waals surface area contributed by atoms with E-state index in [4.69, 9.17) is 4.74 Å². The van der Waals surface area contributed by atoms with Crippen LogP contribution in [-0.4, -0.2) is 82.3 Å². The number of likely N-dealkylation sites (tertiary alicyclic amines) is 1. The maximum atomic E-state index is 10.4. The van der Waals surface area contributed by atoms with Crippen molar-refractivity contribution < 1.29 is 9.84 Å². The summed E-state index contributed by atoms with van der Waals surface area (Å²) in [6.07, 6.45) is 6.36. The predicted molar refractivity (Wildman–Crippen MR) is 89.4 cm³/mol. The van der Waals surface area contributed by atoms with Gasteiger partial charge in [-0.1, -0.05) is 0 Å². The molecule has 23 heavy (non-hydrogen) atoms. The van der Waals surface area contributed by atoms with E-state index in [-0.39, 0.29) is 18.3 Å². The highest BCUT2D eigenvalue weighted by Crippen LogP contribution is 2.21. The van der Waals surface area contributed by atoms with Crippen LogP contribution in [0.5, 0.6) is 0 Å². The quantitative estimate of drug-likeness (QED) is 0.876. The molecule has 1 aromatic heterocycles. The Morgan fingerprint density at radius 1 is 1.13 bits per heavy atom. The van der Waals surface area contributed by atoms with E-state index in [0.29, 0.717) is 6.04 Å². The van der Waals surface area contributed by atoms with Gasteiger partial charge in [0.2, 0.25) is 0 Å². The number of rotatable bonds is 5. The Morgan fingerprint density at radius 2 is 1.78 bits per heavy atom. The van der Waals surface area contributed by atoms with Crippen LogP contribution in [0.25, 0.3) is 0 Å². The number of aromatic nitrogens is 2. The minimum Gasteiger partial charge on any atom is -0.390 e. The van der Waals surface area contributed by atoms with Crippen molar-refractivity contribution in [3.8, 4) is 0 Å². The van der Waals surface area contributed by atoms with Gasteiger partial charge in [0.15, 0.2) is 0 Å². The Bertz CT molecular complexity index is 449. The van der Waals surface area contributed by atoms with E-state index in [0.717, 1.165) is 52.1 Å². The van der Waals surface area contributed by atoms with Crippen molar-refractivity contribution in [2.45, 2.75) is 51.0 Å². The van der Waals surface area contributed by atoms with Gasteiger partial charge < -0.3 is 14.7 Å². The van der Waals surface area contributed by atoms with Gasteiger partial charge in [-0.2, -0.15) is 5.10 Å². The third kappa shape index (κ3) is 4.76. The van der Waals surface area contributed by atoms with Gasteiger partial charge in [-0.3, -0.25) is 9.58 Å². The maximum Gasteiger partial charge on any atom is 0.0793 e. The number of hydrogen-bond acceptors (Lipinski definition) is 5. The van der Waals surface area contributed by atoms with Gasteiger partial charge in [-0.25, -0.2) is 0 Å². The van der Waals surface area contributed by atoms with Crippen molar-refractivity contribution in [3.05, 3.63) is 18.5 Å². The highest BCUT2D eigenvalue weighted by atomic mass is 16.5. The zero-order chi connectivity index (χ0) is 16.2. The summed E-state index contributed by atoms with van der Waals surface area (Å²) in [7, 11) is 0. The zero-order valence-electron chi connectivity index (χ0n) is 14.3. The molecule has 0 radical (unpaired) electrons. The first kappa shape index (κ1) is 16.9. The Hall–Kier alpha value is -0.950. The molecule has 2 fully saturated rings. The first-order chi connectivity index (χ1) is 11.1. The number of ether oxygens (including phenoxy) is 1. The number of aliphatic hydroxyl groups excluding tert-OH is 1. The molecule has 1 aromatic rings. The summed E-state index contributed by atoms with van der Waals surface area (Å²) < 4.78 is 7.83. The fourth-order valence-electron chi connectivity index (χ4n) is 3.95. The lowest BCUT2D eigenvalue weighted by atomic mass is 10.0. The molecule has 6 nitrogen and oxygen atoms in total. The van der Waals surface area contributed by atoms with Crippen LogP contribution in [0.4, 0.5) is 0 Å². The molecule has 6 heteroatoms. The van der Waals surface area contributed by atoms with Crippen LogP contribution in [-0.2, 0) is 4.74 Å². The standard InChI is InChI=1S/C17H30N4O2/c1-14-10-20(11-15(2)23-14)13-17(22)12-19-8-4-16(5-9-19)21-7-3-6-18-21/h3,6-7,14-17,22H,4-5,8-13H2,1-2H3. The van der Waals surface area contributed by atoms with Crippen molar-refractivity contribution in [1.82, 2.24) is 19.6 Å². The van der Waals surface area contributed by atoms with Gasteiger partial charge in [0.25, 0.3) is 0 Å². The molecule has 130 valence electrons. The maximum absolute atomic E-state index is 10.4. The Labute approximate surface area is 139 Å². The molecule has 0 bridgehead atoms. The molecule has 3 rings (SSSR count). The highest BCUT2D eigenvalue weighted by Gasteiger charge is 2.26. The lowest BCUT2D eigenvalue weighted by Crippen LogP contribution is -2.50. The molecule has 0 aliphatic carbocycles. The Kier molecular flexibility index (Phi) is 5.69. The van der Waals surface area contributed by atoms with Crippen LogP contribution in [0.15, 0.2) is 18.5 Å². The SMILES string of the molecule is CC1CN(CC(O)CN2CCC(n3cccn3)CC2)CC(C)O1. The molecule has 3 atom stereocenters. The molecular weight excluding hydrogens is 292 g/mol. The molecule has 0 spiro atoms. The van der Waals surface area contributed by atoms with Gasteiger partial charge >= 0.3 is 0 Å². The van der Waals surface area contributed by atoms with Crippen LogP contribution in [0.1, 0.15) is 32.7 Å². The molecular formula is C17H30N4O2. The van der Waals surface area contributed by atoms with E-state index < -0.39 is 0 Å². The second-order valence-corrected chi connectivity index (χ2v) is 7.15. The van der Waals surface area contributed by atoms with Crippen LogP contribution < -0.4 is 0 Å². The summed E-state index contributed by atoms with van der Waals surface area (Å²) >= 11 is 0. The molecule has 2 aliphatic heterocycles. The highest BCUT2D eigenvalue weighted by molar-refractivity contribution is 4.85. The minimum absolute atomic E-state index is 0.260. The number of hydrogen-bond donors (Lipinski definition) is 1. The number of aliphatic hydroxyl groups is 1. The molecule has 0 saturated carbocycles. The minimum atomic E-state index is -0.284. The van der Waals surface area contributed by atoms with Crippen molar-refractivity contribution in [2.24, 2.45) is 0 Å². The van der Waals surface area contributed by atoms with Crippen LogP contribution in [0.2, 0.25) is 0 Å². The topological polar surface area (TPSA) is 53.8 Å². The second kappa shape index (κ2) is 7.75. The first-order valence-corrected chi connectivity index (χ1v) is 8.87. The number of morpholine rings is 1. The zero-order valence-corrected chi connectivity index (χ0v) is 14.3. The van der Waals surface area contributed by atoms with E-state index in [2.05, 4.69) is 39.6 Å². The van der Waals surface area contributed by atoms with Gasteiger partial charge in [-0.05, 0) is 32.8 Å². The third-order valence-electron chi connectivity index (χ3n) is 4.89. The summed E-state index contributed by atoms with van der Waals surface area (Å²) in [5.74, 6) is 0. The molecule has 3 heterocycles. The van der Waals surface area contributed by atoms with Crippen molar-refractivity contribution in [2.75, 3.05) is 39.3 Å². The van der Waals surface area contributed by atoms with Gasteiger partial charge in [-0.15, -0.1) is 0 Å². The lowest BCUT2D eigenvalue weighted by molar-refractivity contribution is -0.0783.